The zero-order valence-corrected chi connectivity index (χ0v) is 14.8. The number of halogens is 1. The van der Waals surface area contributed by atoms with Crippen molar-refractivity contribution in [1.82, 2.24) is 14.9 Å². The fraction of sp³-hybridized carbons (Fsp3) is 0.600. The van der Waals surface area contributed by atoms with Gasteiger partial charge in [-0.05, 0) is 45.2 Å². The average molecular weight is 343 g/mol. The Balaban J connectivity index is 0.00000176. The number of nitrogens with one attached hydrogen (secondary N) is 1. The SMILES string of the molecule is Cc1sc2nc(CN3CC(CN)CC3C)[nH]c(=O)c2c1C.Cl. The third kappa shape index (κ3) is 3.06. The van der Waals surface area contributed by atoms with E-state index >= 15 is 0 Å². The van der Waals surface area contributed by atoms with Crippen LogP contribution in [-0.2, 0) is 6.54 Å². The Labute approximate surface area is 140 Å². The summed E-state index contributed by atoms with van der Waals surface area (Å²) in [6, 6.07) is 0.492. The lowest BCUT2D eigenvalue weighted by molar-refractivity contribution is 0.249. The van der Waals surface area contributed by atoms with Crippen LogP contribution in [0.5, 0.6) is 0 Å². The third-order valence-corrected chi connectivity index (χ3v) is 5.67. The Bertz CT molecular complexity index is 726. The minimum atomic E-state index is -0.0147. The van der Waals surface area contributed by atoms with Gasteiger partial charge in [0, 0.05) is 17.5 Å². The van der Waals surface area contributed by atoms with Crippen molar-refractivity contribution in [2.45, 2.75) is 39.8 Å². The first kappa shape index (κ1) is 17.4. The maximum atomic E-state index is 12.3. The lowest BCUT2D eigenvalue weighted by Crippen LogP contribution is -2.29. The summed E-state index contributed by atoms with van der Waals surface area (Å²) in [4.78, 5) is 24.3. The quantitative estimate of drug-likeness (QED) is 0.896. The molecule has 5 nitrogen and oxygen atoms in total. The molecule has 0 amide bonds. The van der Waals surface area contributed by atoms with Crippen LogP contribution >= 0.6 is 23.7 Å². The zero-order valence-electron chi connectivity index (χ0n) is 13.2. The fourth-order valence-corrected chi connectivity index (χ4v) is 4.22. The number of H-pyrrole nitrogens is 1. The molecule has 0 bridgehead atoms. The monoisotopic (exact) mass is 342 g/mol. The van der Waals surface area contributed by atoms with Gasteiger partial charge in [0.05, 0.1) is 11.9 Å². The first-order valence-electron chi connectivity index (χ1n) is 7.42. The molecule has 0 saturated carbocycles. The minimum absolute atomic E-state index is 0. The molecule has 3 heterocycles. The third-order valence-electron chi connectivity index (χ3n) is 4.56. The van der Waals surface area contributed by atoms with Crippen molar-refractivity contribution in [3.8, 4) is 0 Å². The predicted molar refractivity (Wildman–Crippen MR) is 94.0 cm³/mol. The highest BCUT2D eigenvalue weighted by Crippen LogP contribution is 2.27. The lowest BCUT2D eigenvalue weighted by Gasteiger charge is -2.20. The maximum absolute atomic E-state index is 12.3. The Kier molecular flexibility index (Phi) is 5.27. The molecular formula is C15H23ClN4OS. The number of hydrogen-bond acceptors (Lipinski definition) is 5. The molecule has 1 aliphatic heterocycles. The maximum Gasteiger partial charge on any atom is 0.259 e. The number of nitrogens with zero attached hydrogens (tertiary/aromatic N) is 2. The number of hydrogen-bond donors (Lipinski definition) is 2. The van der Waals surface area contributed by atoms with E-state index in [1.807, 2.05) is 13.8 Å². The highest BCUT2D eigenvalue weighted by Gasteiger charge is 2.28. The van der Waals surface area contributed by atoms with Gasteiger partial charge in [0.25, 0.3) is 5.56 Å². The first-order chi connectivity index (χ1) is 9.99. The highest BCUT2D eigenvalue weighted by atomic mass is 35.5. The smallest absolute Gasteiger partial charge is 0.259 e. The number of rotatable bonds is 3. The van der Waals surface area contributed by atoms with E-state index in [1.54, 1.807) is 11.3 Å². The normalized spacial score (nSPS) is 22.2. The van der Waals surface area contributed by atoms with Crippen molar-refractivity contribution >= 4 is 34.0 Å². The van der Waals surface area contributed by atoms with Crippen molar-refractivity contribution in [2.24, 2.45) is 11.7 Å². The second-order valence-corrected chi connectivity index (χ2v) is 7.30. The number of aromatic amines is 1. The van der Waals surface area contributed by atoms with Gasteiger partial charge in [-0.1, -0.05) is 0 Å². The molecule has 0 aromatic carbocycles. The Morgan fingerprint density at radius 3 is 2.82 bits per heavy atom. The van der Waals surface area contributed by atoms with Crippen LogP contribution < -0.4 is 11.3 Å². The van der Waals surface area contributed by atoms with Crippen molar-refractivity contribution in [3.05, 3.63) is 26.6 Å². The largest absolute Gasteiger partial charge is 0.330 e. The molecule has 3 N–H and O–H groups in total. The van der Waals surface area contributed by atoms with Gasteiger partial charge in [0.1, 0.15) is 10.7 Å². The summed E-state index contributed by atoms with van der Waals surface area (Å²) < 4.78 is 0. The second-order valence-electron chi connectivity index (χ2n) is 6.09. The van der Waals surface area contributed by atoms with Gasteiger partial charge < -0.3 is 10.7 Å². The van der Waals surface area contributed by atoms with E-state index in [1.165, 1.54) is 0 Å². The van der Waals surface area contributed by atoms with Crippen LogP contribution in [0.4, 0.5) is 0 Å². The molecule has 2 aromatic heterocycles. The number of nitrogens with two attached hydrogens (primary N) is 1. The number of likely N-dealkylation sites (tertiary alicyclic amines) is 1. The van der Waals surface area contributed by atoms with Gasteiger partial charge in [-0.2, -0.15) is 0 Å². The van der Waals surface area contributed by atoms with Gasteiger partial charge in [-0.15, -0.1) is 23.7 Å². The molecule has 2 unspecified atom stereocenters. The number of fused-ring (bicyclic) bond motifs is 1. The summed E-state index contributed by atoms with van der Waals surface area (Å²) in [5, 5.41) is 0.746. The van der Waals surface area contributed by atoms with Crippen LogP contribution in [0.3, 0.4) is 0 Å². The van der Waals surface area contributed by atoms with Gasteiger partial charge in [0.2, 0.25) is 0 Å². The average Bonchev–Trinajstić information content (AvgIpc) is 2.91. The van der Waals surface area contributed by atoms with Gasteiger partial charge >= 0.3 is 0 Å². The fourth-order valence-electron chi connectivity index (χ4n) is 3.18. The predicted octanol–water partition coefficient (Wildman–Crippen LogP) is 2.19. The standard InChI is InChI=1S/C15H22N4OS.ClH/c1-8-4-11(5-16)6-19(8)7-12-17-14(20)13-9(2)10(3)21-15(13)18-12;/h8,11H,4-7,16H2,1-3H3,(H,17,18,20);1H. The summed E-state index contributed by atoms with van der Waals surface area (Å²) >= 11 is 1.60. The van der Waals surface area contributed by atoms with Crippen molar-refractivity contribution in [1.29, 1.82) is 0 Å². The topological polar surface area (TPSA) is 75.0 Å². The van der Waals surface area contributed by atoms with Crippen molar-refractivity contribution in [2.75, 3.05) is 13.1 Å². The van der Waals surface area contributed by atoms with E-state index < -0.39 is 0 Å². The number of aryl methyl sites for hydroxylation is 2. The number of thiophene rings is 1. The summed E-state index contributed by atoms with van der Waals surface area (Å²) in [7, 11) is 0. The van der Waals surface area contributed by atoms with E-state index in [9.17, 15) is 4.79 Å². The van der Waals surface area contributed by atoms with Crippen LogP contribution in [0.15, 0.2) is 4.79 Å². The van der Waals surface area contributed by atoms with Gasteiger partial charge in [-0.3, -0.25) is 9.69 Å². The molecule has 3 rings (SSSR count). The summed E-state index contributed by atoms with van der Waals surface area (Å²) in [6.45, 7) is 8.65. The molecule has 2 atom stereocenters. The van der Waals surface area contributed by atoms with Crippen LogP contribution in [0.2, 0.25) is 0 Å². The molecule has 1 aliphatic rings. The molecule has 7 heteroatoms. The van der Waals surface area contributed by atoms with Crippen LogP contribution in [-0.4, -0.2) is 34.0 Å². The Morgan fingerprint density at radius 2 is 2.18 bits per heavy atom. The molecule has 22 heavy (non-hydrogen) atoms. The molecule has 0 spiro atoms. The van der Waals surface area contributed by atoms with E-state index in [-0.39, 0.29) is 18.0 Å². The van der Waals surface area contributed by atoms with Crippen LogP contribution in [0, 0.1) is 19.8 Å². The highest BCUT2D eigenvalue weighted by molar-refractivity contribution is 7.18. The van der Waals surface area contributed by atoms with Crippen molar-refractivity contribution < 1.29 is 0 Å². The zero-order chi connectivity index (χ0) is 15.1. The molecule has 122 valence electrons. The van der Waals surface area contributed by atoms with E-state index in [0.29, 0.717) is 18.5 Å². The number of aromatic nitrogens is 2. The van der Waals surface area contributed by atoms with E-state index in [0.717, 1.165) is 46.0 Å². The van der Waals surface area contributed by atoms with Gasteiger partial charge in [0.15, 0.2) is 0 Å². The Hall–Kier alpha value is -0.950. The van der Waals surface area contributed by atoms with Gasteiger partial charge in [-0.25, -0.2) is 4.98 Å². The molecule has 0 aliphatic carbocycles. The lowest BCUT2D eigenvalue weighted by atomic mass is 10.1. The molecular weight excluding hydrogens is 320 g/mol. The molecule has 1 saturated heterocycles. The first-order valence-corrected chi connectivity index (χ1v) is 8.24. The molecule has 0 radical (unpaired) electrons. The summed E-state index contributed by atoms with van der Waals surface area (Å²) in [5.41, 5.74) is 6.81. The molecule has 2 aromatic rings. The molecule has 1 fully saturated rings. The van der Waals surface area contributed by atoms with Crippen LogP contribution in [0.25, 0.3) is 10.2 Å². The van der Waals surface area contributed by atoms with E-state index in [2.05, 4.69) is 21.8 Å². The van der Waals surface area contributed by atoms with E-state index in [4.69, 9.17) is 5.73 Å². The second kappa shape index (κ2) is 6.66. The summed E-state index contributed by atoms with van der Waals surface area (Å²) in [5.74, 6) is 1.32. The van der Waals surface area contributed by atoms with Crippen LogP contribution in [0.1, 0.15) is 29.6 Å². The minimum Gasteiger partial charge on any atom is -0.330 e. The Morgan fingerprint density at radius 1 is 1.45 bits per heavy atom. The summed E-state index contributed by atoms with van der Waals surface area (Å²) in [6.07, 6.45) is 1.13. The van der Waals surface area contributed by atoms with Crippen molar-refractivity contribution in [3.63, 3.8) is 0 Å².